The van der Waals surface area contributed by atoms with Gasteiger partial charge in [0.25, 0.3) is 0 Å². The molecule has 6 nitrogen and oxygen atoms in total. The number of carbonyl (C=O) groups is 2. The number of carbonyl (C=O) groups excluding carboxylic acids is 2. The van der Waals surface area contributed by atoms with E-state index in [1.54, 1.807) is 6.07 Å². The Morgan fingerprint density at radius 2 is 2.00 bits per heavy atom. The topological polar surface area (TPSA) is 87.8 Å². The van der Waals surface area contributed by atoms with E-state index < -0.39 is 11.9 Å². The van der Waals surface area contributed by atoms with Crippen LogP contribution in [0, 0.1) is 0 Å². The Kier molecular flexibility index (Phi) is 4.98. The van der Waals surface area contributed by atoms with Gasteiger partial charge in [-0.25, -0.2) is 4.79 Å². The first-order valence-corrected chi connectivity index (χ1v) is 5.26. The molecule has 1 aromatic carbocycles. The maximum Gasteiger partial charge on any atom is 0.338 e. The largest absolute Gasteiger partial charge is 0.495 e. The predicted octanol–water partition coefficient (Wildman–Crippen LogP) is 0.997. The number of hydrogen-bond acceptors (Lipinski definition) is 6. The molecular formula is C12H15NO5. The van der Waals surface area contributed by atoms with E-state index in [0.29, 0.717) is 17.0 Å². The smallest absolute Gasteiger partial charge is 0.338 e. The van der Waals surface area contributed by atoms with Crippen LogP contribution in [0.3, 0.4) is 0 Å². The Labute approximate surface area is 105 Å². The Bertz CT molecular complexity index is 444. The second kappa shape index (κ2) is 6.48. The third-order valence-electron chi connectivity index (χ3n) is 2.23. The number of methoxy groups -OCH3 is 2. The van der Waals surface area contributed by atoms with Gasteiger partial charge < -0.3 is 19.9 Å². The van der Waals surface area contributed by atoms with Crippen LogP contribution in [0.15, 0.2) is 18.2 Å². The van der Waals surface area contributed by atoms with Crippen LogP contribution < -0.4 is 10.5 Å². The van der Waals surface area contributed by atoms with E-state index in [2.05, 4.69) is 4.74 Å². The van der Waals surface area contributed by atoms with E-state index in [1.165, 1.54) is 26.4 Å². The lowest BCUT2D eigenvalue weighted by atomic mass is 10.2. The van der Waals surface area contributed by atoms with Gasteiger partial charge in [-0.05, 0) is 18.2 Å². The molecule has 6 heteroatoms. The van der Waals surface area contributed by atoms with E-state index in [1.807, 2.05) is 0 Å². The molecule has 0 spiro atoms. The second-order valence-electron chi connectivity index (χ2n) is 3.42. The molecule has 1 rings (SSSR count). The molecule has 0 heterocycles. The van der Waals surface area contributed by atoms with Gasteiger partial charge in [-0.2, -0.15) is 0 Å². The van der Waals surface area contributed by atoms with Crippen molar-refractivity contribution < 1.29 is 23.8 Å². The van der Waals surface area contributed by atoms with Gasteiger partial charge in [0.05, 0.1) is 31.9 Å². The molecule has 0 saturated heterocycles. The number of esters is 2. The molecule has 0 aliphatic carbocycles. The normalized spacial score (nSPS) is 9.67. The number of nitrogens with two attached hydrogens (primary N) is 1. The highest BCUT2D eigenvalue weighted by Gasteiger charge is 2.10. The van der Waals surface area contributed by atoms with Crippen molar-refractivity contribution in [3.63, 3.8) is 0 Å². The highest BCUT2D eigenvalue weighted by Crippen LogP contribution is 2.22. The van der Waals surface area contributed by atoms with Gasteiger partial charge in [0.1, 0.15) is 12.4 Å². The fraction of sp³-hybridized carbons (Fsp3) is 0.333. The summed E-state index contributed by atoms with van der Waals surface area (Å²) in [5, 5.41) is 0. The van der Waals surface area contributed by atoms with Crippen LogP contribution in [-0.2, 0) is 14.3 Å². The molecule has 0 radical (unpaired) electrons. The summed E-state index contributed by atoms with van der Waals surface area (Å²) in [6.45, 7) is -0.0303. The minimum atomic E-state index is -0.548. The lowest BCUT2D eigenvalue weighted by molar-refractivity contribution is -0.141. The fourth-order valence-corrected chi connectivity index (χ4v) is 1.27. The molecule has 0 aliphatic rings. The van der Waals surface area contributed by atoms with Gasteiger partial charge >= 0.3 is 11.9 Å². The summed E-state index contributed by atoms with van der Waals surface area (Å²) in [6, 6.07) is 4.57. The quantitative estimate of drug-likeness (QED) is 0.622. The van der Waals surface area contributed by atoms with Crippen LogP contribution >= 0.6 is 0 Å². The first-order chi connectivity index (χ1) is 8.58. The minimum absolute atomic E-state index is 0.0217. The first kappa shape index (κ1) is 13.8. The first-order valence-electron chi connectivity index (χ1n) is 5.26. The molecule has 98 valence electrons. The third-order valence-corrected chi connectivity index (χ3v) is 2.23. The molecule has 0 saturated carbocycles. The van der Waals surface area contributed by atoms with Crippen LogP contribution in [0.1, 0.15) is 16.8 Å². The zero-order valence-corrected chi connectivity index (χ0v) is 10.3. The lowest BCUT2D eigenvalue weighted by Crippen LogP contribution is -2.11. The number of hydrogen-bond donors (Lipinski definition) is 1. The van der Waals surface area contributed by atoms with E-state index in [-0.39, 0.29) is 13.0 Å². The molecule has 0 bridgehead atoms. The van der Waals surface area contributed by atoms with E-state index in [4.69, 9.17) is 15.2 Å². The van der Waals surface area contributed by atoms with E-state index in [9.17, 15) is 9.59 Å². The van der Waals surface area contributed by atoms with Crippen molar-refractivity contribution in [3.05, 3.63) is 23.8 Å². The molecule has 18 heavy (non-hydrogen) atoms. The summed E-state index contributed by atoms with van der Waals surface area (Å²) >= 11 is 0. The van der Waals surface area contributed by atoms with Crippen molar-refractivity contribution in [2.24, 2.45) is 0 Å². The highest BCUT2D eigenvalue weighted by atomic mass is 16.5. The monoisotopic (exact) mass is 253 g/mol. The SMILES string of the molecule is COC(=O)CCOC(=O)c1ccc(OC)c(N)c1. The Morgan fingerprint density at radius 3 is 2.56 bits per heavy atom. The van der Waals surface area contributed by atoms with Crippen molar-refractivity contribution in [1.29, 1.82) is 0 Å². The Hall–Kier alpha value is -2.24. The van der Waals surface area contributed by atoms with E-state index in [0.717, 1.165) is 0 Å². The number of ether oxygens (including phenoxy) is 3. The zero-order valence-electron chi connectivity index (χ0n) is 10.3. The van der Waals surface area contributed by atoms with E-state index >= 15 is 0 Å². The lowest BCUT2D eigenvalue weighted by Gasteiger charge is -2.07. The van der Waals surface area contributed by atoms with Crippen LogP contribution in [0.25, 0.3) is 0 Å². The molecular weight excluding hydrogens is 238 g/mol. The van der Waals surface area contributed by atoms with Crippen LogP contribution in [0.5, 0.6) is 5.75 Å². The average molecular weight is 253 g/mol. The maximum atomic E-state index is 11.6. The molecule has 2 N–H and O–H groups in total. The molecule has 0 atom stereocenters. The van der Waals surface area contributed by atoms with Crippen LogP contribution in [-0.4, -0.2) is 32.8 Å². The van der Waals surface area contributed by atoms with Gasteiger partial charge in [-0.1, -0.05) is 0 Å². The molecule has 0 amide bonds. The summed E-state index contributed by atoms with van der Waals surface area (Å²) in [5.74, 6) is -0.494. The molecule has 0 aromatic heterocycles. The van der Waals surface area contributed by atoms with Crippen molar-refractivity contribution in [1.82, 2.24) is 0 Å². The maximum absolute atomic E-state index is 11.6. The second-order valence-corrected chi connectivity index (χ2v) is 3.42. The van der Waals surface area contributed by atoms with Gasteiger partial charge in [0.15, 0.2) is 0 Å². The van der Waals surface area contributed by atoms with Crippen LogP contribution in [0.2, 0.25) is 0 Å². The number of nitrogen functional groups attached to an aromatic ring is 1. The van der Waals surface area contributed by atoms with Crippen molar-refractivity contribution in [2.45, 2.75) is 6.42 Å². The van der Waals surface area contributed by atoms with Crippen molar-refractivity contribution in [2.75, 3.05) is 26.6 Å². The standard InChI is InChI=1S/C12H15NO5/c1-16-10-4-3-8(7-9(10)13)12(15)18-6-5-11(14)17-2/h3-4,7H,5-6,13H2,1-2H3. The Balaban J connectivity index is 2.56. The zero-order chi connectivity index (χ0) is 13.5. The third kappa shape index (κ3) is 3.65. The van der Waals surface area contributed by atoms with Gasteiger partial charge in [0.2, 0.25) is 0 Å². The Morgan fingerprint density at radius 1 is 1.28 bits per heavy atom. The number of benzene rings is 1. The minimum Gasteiger partial charge on any atom is -0.495 e. The predicted molar refractivity (Wildman–Crippen MR) is 64.3 cm³/mol. The summed E-state index contributed by atoms with van der Waals surface area (Å²) in [5.41, 5.74) is 6.31. The van der Waals surface area contributed by atoms with Gasteiger partial charge in [0, 0.05) is 0 Å². The van der Waals surface area contributed by atoms with Crippen LogP contribution in [0.4, 0.5) is 5.69 Å². The fourth-order valence-electron chi connectivity index (χ4n) is 1.27. The van der Waals surface area contributed by atoms with Gasteiger partial charge in [-0.15, -0.1) is 0 Å². The highest BCUT2D eigenvalue weighted by molar-refractivity contribution is 5.91. The molecule has 0 aliphatic heterocycles. The van der Waals surface area contributed by atoms with Crippen molar-refractivity contribution >= 4 is 17.6 Å². The van der Waals surface area contributed by atoms with Crippen molar-refractivity contribution in [3.8, 4) is 5.75 Å². The summed E-state index contributed by atoms with van der Waals surface area (Å²) < 4.78 is 14.3. The molecule has 1 aromatic rings. The summed E-state index contributed by atoms with van der Waals surface area (Å²) in [4.78, 5) is 22.4. The molecule has 0 unspecified atom stereocenters. The van der Waals surface area contributed by atoms with Gasteiger partial charge in [-0.3, -0.25) is 4.79 Å². The average Bonchev–Trinajstić information content (AvgIpc) is 2.38. The summed E-state index contributed by atoms with van der Waals surface area (Å²) in [7, 11) is 2.76. The number of anilines is 1. The molecule has 0 fully saturated rings. The number of rotatable bonds is 5. The summed E-state index contributed by atoms with van der Waals surface area (Å²) in [6.07, 6.45) is 0.0217.